The van der Waals surface area contributed by atoms with Gasteiger partial charge in [0.15, 0.2) is 11.5 Å². The van der Waals surface area contributed by atoms with Crippen LogP contribution in [0, 0.1) is 0 Å². The van der Waals surface area contributed by atoms with Crippen LogP contribution in [0.3, 0.4) is 0 Å². The second-order valence-electron chi connectivity index (χ2n) is 5.79. The van der Waals surface area contributed by atoms with Gasteiger partial charge in [-0.15, -0.1) is 0 Å². The highest BCUT2D eigenvalue weighted by atomic mass is 32.2. The fraction of sp³-hybridized carbons (Fsp3) is 0.600. The summed E-state index contributed by atoms with van der Waals surface area (Å²) in [6, 6.07) is 6.20. The van der Waals surface area contributed by atoms with E-state index in [0.717, 1.165) is 24.3 Å². The predicted octanol–water partition coefficient (Wildman–Crippen LogP) is 1.76. The number of hydrogen-bond donors (Lipinski definition) is 1. The SMILES string of the molecule is CC(CCc1ccc2c(c1)OCO2)NC(C)CS(C)(=O)=O. The third kappa shape index (κ3) is 5.21. The van der Waals surface area contributed by atoms with Crippen LogP contribution in [0.5, 0.6) is 11.5 Å². The zero-order chi connectivity index (χ0) is 15.5. The molecule has 0 aliphatic carbocycles. The molecule has 118 valence electrons. The Kier molecular flexibility index (Phi) is 5.11. The molecule has 0 amide bonds. The number of rotatable bonds is 7. The number of ether oxygens (including phenoxy) is 2. The summed E-state index contributed by atoms with van der Waals surface area (Å²) in [5, 5.41) is 3.32. The van der Waals surface area contributed by atoms with Gasteiger partial charge in [-0.05, 0) is 44.4 Å². The lowest BCUT2D eigenvalue weighted by molar-refractivity contribution is 0.174. The summed E-state index contributed by atoms with van der Waals surface area (Å²) in [5.74, 6) is 1.77. The molecule has 0 saturated heterocycles. The first-order chi connectivity index (χ1) is 9.83. The molecule has 2 unspecified atom stereocenters. The fourth-order valence-electron chi connectivity index (χ4n) is 2.55. The maximum atomic E-state index is 11.2. The van der Waals surface area contributed by atoms with Crippen LogP contribution >= 0.6 is 0 Å². The van der Waals surface area contributed by atoms with E-state index in [1.165, 1.54) is 11.8 Å². The topological polar surface area (TPSA) is 64.6 Å². The predicted molar refractivity (Wildman–Crippen MR) is 82.7 cm³/mol. The summed E-state index contributed by atoms with van der Waals surface area (Å²) in [6.45, 7) is 4.27. The van der Waals surface area contributed by atoms with Gasteiger partial charge >= 0.3 is 0 Å². The molecule has 5 nitrogen and oxygen atoms in total. The molecule has 0 spiro atoms. The van der Waals surface area contributed by atoms with Gasteiger partial charge in [0.05, 0.1) is 5.75 Å². The van der Waals surface area contributed by atoms with Crippen LogP contribution in [0.15, 0.2) is 18.2 Å². The van der Waals surface area contributed by atoms with Crippen LogP contribution in [-0.2, 0) is 16.3 Å². The van der Waals surface area contributed by atoms with E-state index < -0.39 is 9.84 Å². The first kappa shape index (κ1) is 16.1. The largest absolute Gasteiger partial charge is 0.454 e. The maximum absolute atomic E-state index is 11.2. The number of hydrogen-bond acceptors (Lipinski definition) is 5. The van der Waals surface area contributed by atoms with E-state index in [-0.39, 0.29) is 17.8 Å². The summed E-state index contributed by atoms with van der Waals surface area (Å²) in [4.78, 5) is 0. The molecular formula is C15H23NO4S. The number of benzene rings is 1. The molecule has 1 aliphatic heterocycles. The van der Waals surface area contributed by atoms with Crippen molar-refractivity contribution in [1.82, 2.24) is 5.32 Å². The van der Waals surface area contributed by atoms with Gasteiger partial charge in [-0.3, -0.25) is 0 Å². The molecule has 1 aromatic rings. The second kappa shape index (κ2) is 6.66. The zero-order valence-electron chi connectivity index (χ0n) is 12.8. The molecule has 0 radical (unpaired) electrons. The van der Waals surface area contributed by atoms with Crippen molar-refractivity contribution < 1.29 is 17.9 Å². The first-order valence-corrected chi connectivity index (χ1v) is 9.22. The number of aryl methyl sites for hydroxylation is 1. The maximum Gasteiger partial charge on any atom is 0.231 e. The standard InChI is InChI=1S/C15H23NO4S/c1-11(16-12(2)9-21(3,17)18)4-5-13-6-7-14-15(8-13)20-10-19-14/h6-8,11-12,16H,4-5,9-10H2,1-3H3. The second-order valence-corrected chi connectivity index (χ2v) is 7.97. The minimum absolute atomic E-state index is 0.0354. The smallest absolute Gasteiger partial charge is 0.231 e. The minimum atomic E-state index is -2.94. The Balaban J connectivity index is 1.80. The Bertz CT molecular complexity index is 585. The Morgan fingerprint density at radius 1 is 1.19 bits per heavy atom. The normalized spacial score (nSPS) is 16.7. The van der Waals surface area contributed by atoms with Crippen LogP contribution in [-0.4, -0.2) is 39.3 Å². The molecule has 2 atom stereocenters. The summed E-state index contributed by atoms with van der Waals surface area (Å²) in [6.07, 6.45) is 3.12. The molecule has 6 heteroatoms. The molecular weight excluding hydrogens is 290 g/mol. The van der Waals surface area contributed by atoms with Crippen LogP contribution in [0.4, 0.5) is 0 Å². The van der Waals surface area contributed by atoms with E-state index in [1.807, 2.05) is 25.1 Å². The number of fused-ring (bicyclic) bond motifs is 1. The lowest BCUT2D eigenvalue weighted by atomic mass is 10.1. The van der Waals surface area contributed by atoms with E-state index in [2.05, 4.69) is 12.2 Å². The lowest BCUT2D eigenvalue weighted by Crippen LogP contribution is -2.39. The van der Waals surface area contributed by atoms with Crippen molar-refractivity contribution in [3.8, 4) is 11.5 Å². The van der Waals surface area contributed by atoms with Crippen LogP contribution in [0.1, 0.15) is 25.8 Å². The van der Waals surface area contributed by atoms with Crippen molar-refractivity contribution >= 4 is 9.84 Å². The monoisotopic (exact) mass is 313 g/mol. The van der Waals surface area contributed by atoms with Crippen molar-refractivity contribution in [3.63, 3.8) is 0 Å². The van der Waals surface area contributed by atoms with Crippen molar-refractivity contribution in [1.29, 1.82) is 0 Å². The average Bonchev–Trinajstić information content (AvgIpc) is 2.81. The summed E-state index contributed by atoms with van der Waals surface area (Å²) in [7, 11) is -2.94. The van der Waals surface area contributed by atoms with Crippen molar-refractivity contribution in [2.45, 2.75) is 38.8 Å². The Hall–Kier alpha value is -1.27. The van der Waals surface area contributed by atoms with Crippen molar-refractivity contribution in [2.24, 2.45) is 0 Å². The van der Waals surface area contributed by atoms with Gasteiger partial charge in [-0.2, -0.15) is 0 Å². The Morgan fingerprint density at radius 2 is 1.90 bits per heavy atom. The van der Waals surface area contributed by atoms with E-state index in [4.69, 9.17) is 9.47 Å². The molecule has 2 rings (SSSR count). The van der Waals surface area contributed by atoms with E-state index in [0.29, 0.717) is 6.79 Å². The molecule has 0 fully saturated rings. The summed E-state index contributed by atoms with van der Waals surface area (Å²) >= 11 is 0. The van der Waals surface area contributed by atoms with Gasteiger partial charge in [0, 0.05) is 18.3 Å². The molecule has 0 saturated carbocycles. The van der Waals surface area contributed by atoms with Gasteiger partial charge < -0.3 is 14.8 Å². The van der Waals surface area contributed by atoms with E-state index >= 15 is 0 Å². The molecule has 1 aliphatic rings. The van der Waals surface area contributed by atoms with Crippen molar-refractivity contribution in [3.05, 3.63) is 23.8 Å². The Labute approximate surface area is 126 Å². The van der Waals surface area contributed by atoms with Gasteiger partial charge in [0.25, 0.3) is 0 Å². The van der Waals surface area contributed by atoms with Crippen LogP contribution in [0.2, 0.25) is 0 Å². The first-order valence-electron chi connectivity index (χ1n) is 7.16. The fourth-order valence-corrected chi connectivity index (χ4v) is 3.56. The molecule has 21 heavy (non-hydrogen) atoms. The van der Waals surface area contributed by atoms with E-state index in [9.17, 15) is 8.42 Å². The summed E-state index contributed by atoms with van der Waals surface area (Å²) in [5.41, 5.74) is 1.20. The molecule has 1 N–H and O–H groups in total. The van der Waals surface area contributed by atoms with E-state index in [1.54, 1.807) is 0 Å². The van der Waals surface area contributed by atoms with Crippen molar-refractivity contribution in [2.75, 3.05) is 18.8 Å². The molecule has 0 bridgehead atoms. The highest BCUT2D eigenvalue weighted by molar-refractivity contribution is 7.90. The number of nitrogens with one attached hydrogen (secondary N) is 1. The van der Waals surface area contributed by atoms with Gasteiger partial charge in [-0.25, -0.2) is 8.42 Å². The minimum Gasteiger partial charge on any atom is -0.454 e. The molecule has 1 heterocycles. The third-order valence-corrected chi connectivity index (χ3v) is 4.53. The summed E-state index contributed by atoms with van der Waals surface area (Å²) < 4.78 is 33.1. The highest BCUT2D eigenvalue weighted by Crippen LogP contribution is 2.32. The van der Waals surface area contributed by atoms with Gasteiger partial charge in [0.2, 0.25) is 6.79 Å². The molecule has 0 aromatic heterocycles. The quantitative estimate of drug-likeness (QED) is 0.831. The van der Waals surface area contributed by atoms with Crippen LogP contribution in [0.25, 0.3) is 0 Å². The van der Waals surface area contributed by atoms with Gasteiger partial charge in [-0.1, -0.05) is 6.07 Å². The zero-order valence-corrected chi connectivity index (χ0v) is 13.6. The highest BCUT2D eigenvalue weighted by Gasteiger charge is 2.15. The Morgan fingerprint density at radius 3 is 2.62 bits per heavy atom. The average molecular weight is 313 g/mol. The lowest BCUT2D eigenvalue weighted by Gasteiger charge is -2.19. The third-order valence-electron chi connectivity index (χ3n) is 3.42. The van der Waals surface area contributed by atoms with Gasteiger partial charge in [0.1, 0.15) is 9.84 Å². The number of sulfone groups is 1. The molecule has 1 aromatic carbocycles. The van der Waals surface area contributed by atoms with Crippen LogP contribution < -0.4 is 14.8 Å².